The van der Waals surface area contributed by atoms with Crippen molar-refractivity contribution in [2.45, 2.75) is 12.8 Å². The maximum Gasteiger partial charge on any atom is 0.344 e. The van der Waals surface area contributed by atoms with Gasteiger partial charge < -0.3 is 19.9 Å². The van der Waals surface area contributed by atoms with Gasteiger partial charge in [-0.1, -0.05) is 0 Å². The lowest BCUT2D eigenvalue weighted by molar-refractivity contribution is -0.0346. The van der Waals surface area contributed by atoms with Crippen molar-refractivity contribution in [3.05, 3.63) is 23.8 Å². The van der Waals surface area contributed by atoms with E-state index in [9.17, 15) is 4.79 Å². The third-order valence-corrected chi connectivity index (χ3v) is 2.77. The first-order valence-corrected chi connectivity index (χ1v) is 5.89. The molecule has 0 atom stereocenters. The topological polar surface area (TPSA) is 70.8 Å². The standard InChI is InChI=1S/C13H17NO4/c1-16-12-5-4-10(14)6-11(12)13(15)18-8-17-7-9-2-3-9/h4-6,9H,2-3,7-8,14H2,1H3. The highest BCUT2D eigenvalue weighted by Crippen LogP contribution is 2.28. The Kier molecular flexibility index (Phi) is 4.04. The van der Waals surface area contributed by atoms with Crippen LogP contribution in [0.25, 0.3) is 0 Å². The molecule has 0 heterocycles. The van der Waals surface area contributed by atoms with Gasteiger partial charge in [0.15, 0.2) is 6.79 Å². The van der Waals surface area contributed by atoms with Crippen LogP contribution in [-0.2, 0) is 9.47 Å². The summed E-state index contributed by atoms with van der Waals surface area (Å²) in [5, 5.41) is 0. The summed E-state index contributed by atoms with van der Waals surface area (Å²) < 4.78 is 15.3. The molecule has 1 aromatic carbocycles. The van der Waals surface area contributed by atoms with Gasteiger partial charge in [-0.15, -0.1) is 0 Å². The number of hydrogen-bond donors (Lipinski definition) is 1. The van der Waals surface area contributed by atoms with Crippen LogP contribution in [0.1, 0.15) is 23.2 Å². The normalized spacial score (nSPS) is 14.3. The monoisotopic (exact) mass is 251 g/mol. The number of anilines is 1. The Morgan fingerprint density at radius 3 is 2.89 bits per heavy atom. The van der Waals surface area contributed by atoms with Gasteiger partial charge >= 0.3 is 5.97 Å². The van der Waals surface area contributed by atoms with Gasteiger partial charge in [0.25, 0.3) is 0 Å². The average Bonchev–Trinajstić information content (AvgIpc) is 3.18. The fourth-order valence-corrected chi connectivity index (χ4v) is 1.56. The van der Waals surface area contributed by atoms with Crippen LogP contribution in [-0.4, -0.2) is 26.5 Å². The lowest BCUT2D eigenvalue weighted by Crippen LogP contribution is -2.11. The third-order valence-electron chi connectivity index (χ3n) is 2.77. The van der Waals surface area contributed by atoms with E-state index >= 15 is 0 Å². The van der Waals surface area contributed by atoms with E-state index in [1.165, 1.54) is 26.0 Å². The number of esters is 1. The van der Waals surface area contributed by atoms with E-state index in [1.54, 1.807) is 12.1 Å². The molecule has 0 spiro atoms. The molecule has 0 aromatic heterocycles. The van der Waals surface area contributed by atoms with Crippen LogP contribution in [0.15, 0.2) is 18.2 Å². The van der Waals surface area contributed by atoms with E-state index in [4.69, 9.17) is 19.9 Å². The summed E-state index contributed by atoms with van der Waals surface area (Å²) in [6.07, 6.45) is 2.41. The molecule has 1 saturated carbocycles. The Hall–Kier alpha value is -1.75. The number of benzene rings is 1. The number of ether oxygens (including phenoxy) is 3. The molecule has 0 saturated heterocycles. The SMILES string of the molecule is COc1ccc(N)cc1C(=O)OCOCC1CC1. The fourth-order valence-electron chi connectivity index (χ4n) is 1.56. The molecule has 0 unspecified atom stereocenters. The summed E-state index contributed by atoms with van der Waals surface area (Å²) in [4.78, 5) is 11.8. The highest BCUT2D eigenvalue weighted by molar-refractivity contribution is 5.93. The van der Waals surface area contributed by atoms with Crippen molar-refractivity contribution in [3.63, 3.8) is 0 Å². The Bertz CT molecular complexity index is 429. The second-order valence-electron chi connectivity index (χ2n) is 4.32. The zero-order valence-electron chi connectivity index (χ0n) is 10.3. The predicted octanol–water partition coefficient (Wildman–Crippen LogP) is 1.82. The first kappa shape index (κ1) is 12.7. The van der Waals surface area contributed by atoms with E-state index < -0.39 is 5.97 Å². The molecular formula is C13H17NO4. The fraction of sp³-hybridized carbons (Fsp3) is 0.462. The molecule has 2 N–H and O–H groups in total. The molecule has 5 nitrogen and oxygen atoms in total. The van der Waals surface area contributed by atoms with E-state index in [-0.39, 0.29) is 6.79 Å². The molecular weight excluding hydrogens is 234 g/mol. The van der Waals surface area contributed by atoms with Gasteiger partial charge in [-0.05, 0) is 37.0 Å². The summed E-state index contributed by atoms with van der Waals surface area (Å²) in [5.41, 5.74) is 6.43. The van der Waals surface area contributed by atoms with Gasteiger partial charge in [0, 0.05) is 5.69 Å². The molecule has 98 valence electrons. The van der Waals surface area contributed by atoms with Crippen molar-refractivity contribution < 1.29 is 19.0 Å². The zero-order valence-corrected chi connectivity index (χ0v) is 10.3. The maximum absolute atomic E-state index is 11.8. The molecule has 18 heavy (non-hydrogen) atoms. The highest BCUT2D eigenvalue weighted by atomic mass is 16.7. The quantitative estimate of drug-likeness (QED) is 0.361. The van der Waals surface area contributed by atoms with Crippen molar-refractivity contribution in [1.82, 2.24) is 0 Å². The Balaban J connectivity index is 1.88. The molecule has 0 aliphatic heterocycles. The first-order chi connectivity index (χ1) is 8.70. The summed E-state index contributed by atoms with van der Waals surface area (Å²) in [5.74, 6) is 0.594. The maximum atomic E-state index is 11.8. The molecule has 5 heteroatoms. The molecule has 0 radical (unpaired) electrons. The second-order valence-corrected chi connectivity index (χ2v) is 4.32. The molecule has 1 aliphatic carbocycles. The van der Waals surface area contributed by atoms with Crippen LogP contribution >= 0.6 is 0 Å². The van der Waals surface area contributed by atoms with Crippen LogP contribution in [0.4, 0.5) is 5.69 Å². The average molecular weight is 251 g/mol. The largest absolute Gasteiger partial charge is 0.496 e. The molecule has 1 aliphatic rings. The molecule has 0 amide bonds. The summed E-state index contributed by atoms with van der Waals surface area (Å²) in [6.45, 7) is 0.620. The Labute approximate surface area is 106 Å². The Morgan fingerprint density at radius 2 is 2.22 bits per heavy atom. The predicted molar refractivity (Wildman–Crippen MR) is 66.4 cm³/mol. The molecule has 2 rings (SSSR count). The van der Waals surface area contributed by atoms with Gasteiger partial charge in [-0.25, -0.2) is 4.79 Å². The van der Waals surface area contributed by atoms with E-state index in [2.05, 4.69) is 0 Å². The molecule has 0 bridgehead atoms. The van der Waals surface area contributed by atoms with Crippen molar-refractivity contribution in [2.75, 3.05) is 26.2 Å². The highest BCUT2D eigenvalue weighted by Gasteiger charge is 2.21. The summed E-state index contributed by atoms with van der Waals surface area (Å²) in [7, 11) is 1.49. The van der Waals surface area contributed by atoms with E-state index in [1.807, 2.05) is 0 Å². The van der Waals surface area contributed by atoms with Crippen LogP contribution in [0.5, 0.6) is 5.75 Å². The van der Waals surface area contributed by atoms with Crippen LogP contribution in [0.2, 0.25) is 0 Å². The van der Waals surface area contributed by atoms with Gasteiger partial charge in [-0.2, -0.15) is 0 Å². The minimum absolute atomic E-state index is 0.0344. The number of nitrogens with two attached hydrogens (primary N) is 1. The van der Waals surface area contributed by atoms with Crippen molar-refractivity contribution in [2.24, 2.45) is 5.92 Å². The Morgan fingerprint density at radius 1 is 1.44 bits per heavy atom. The van der Waals surface area contributed by atoms with Crippen molar-refractivity contribution in [3.8, 4) is 5.75 Å². The number of rotatable bonds is 6. The first-order valence-electron chi connectivity index (χ1n) is 5.89. The van der Waals surface area contributed by atoms with Crippen LogP contribution in [0, 0.1) is 5.92 Å². The number of nitrogen functional groups attached to an aromatic ring is 1. The number of carbonyl (C=O) groups is 1. The lowest BCUT2D eigenvalue weighted by atomic mass is 10.2. The molecule has 1 aromatic rings. The van der Waals surface area contributed by atoms with Gasteiger partial charge in [-0.3, -0.25) is 0 Å². The second kappa shape index (κ2) is 5.73. The molecule has 1 fully saturated rings. The smallest absolute Gasteiger partial charge is 0.344 e. The van der Waals surface area contributed by atoms with E-state index in [0.717, 1.165) is 0 Å². The summed E-state index contributed by atoms with van der Waals surface area (Å²) >= 11 is 0. The zero-order chi connectivity index (χ0) is 13.0. The van der Waals surface area contributed by atoms with Gasteiger partial charge in [0.1, 0.15) is 11.3 Å². The van der Waals surface area contributed by atoms with Crippen molar-refractivity contribution in [1.29, 1.82) is 0 Å². The number of methoxy groups -OCH3 is 1. The van der Waals surface area contributed by atoms with Gasteiger partial charge in [0.2, 0.25) is 0 Å². The van der Waals surface area contributed by atoms with Crippen LogP contribution < -0.4 is 10.5 Å². The minimum atomic E-state index is -0.491. The number of hydrogen-bond acceptors (Lipinski definition) is 5. The van der Waals surface area contributed by atoms with Crippen molar-refractivity contribution >= 4 is 11.7 Å². The third kappa shape index (κ3) is 3.37. The lowest BCUT2D eigenvalue weighted by Gasteiger charge is -2.09. The summed E-state index contributed by atoms with van der Waals surface area (Å²) in [6, 6.07) is 4.83. The number of carbonyl (C=O) groups excluding carboxylic acids is 1. The van der Waals surface area contributed by atoms with E-state index in [0.29, 0.717) is 29.5 Å². The van der Waals surface area contributed by atoms with Crippen LogP contribution in [0.3, 0.4) is 0 Å². The minimum Gasteiger partial charge on any atom is -0.496 e. The van der Waals surface area contributed by atoms with Gasteiger partial charge in [0.05, 0.1) is 13.7 Å².